The normalized spacial score (nSPS) is 14.8. The largest absolute Gasteiger partial charge is 0.377 e. The van der Waals surface area contributed by atoms with Gasteiger partial charge in [0.15, 0.2) is 0 Å². The maximum Gasteiger partial charge on any atom is 0.0999 e. The Kier molecular flexibility index (Phi) is 5.49. The number of fused-ring (bicyclic) bond motifs is 2. The van der Waals surface area contributed by atoms with Crippen LogP contribution in [-0.4, -0.2) is 35.8 Å². The predicted octanol–water partition coefficient (Wildman–Crippen LogP) is 5.77. The number of aromatic nitrogens is 2. The van der Waals surface area contributed by atoms with Gasteiger partial charge in [0.1, 0.15) is 0 Å². The number of likely N-dealkylation sites (N-methyl/N-ethyl adjacent to an activating group) is 1. The van der Waals surface area contributed by atoms with Crippen molar-refractivity contribution in [1.82, 2.24) is 15.1 Å². The van der Waals surface area contributed by atoms with Gasteiger partial charge in [0.05, 0.1) is 28.9 Å². The van der Waals surface area contributed by atoms with Gasteiger partial charge in [0.25, 0.3) is 0 Å². The van der Waals surface area contributed by atoms with Gasteiger partial charge < -0.3 is 9.64 Å². The SMILES string of the molecule is CO[C@@H](C)c1ccccc1-c1cc2c(-c3cc(C)c4c(c3)CN(C)CC4)n[nH]c2cc1C#N. The number of H-pyrrole nitrogens is 1. The molecule has 0 spiro atoms. The van der Waals surface area contributed by atoms with Gasteiger partial charge in [0, 0.05) is 36.7 Å². The van der Waals surface area contributed by atoms with E-state index in [2.05, 4.69) is 65.5 Å². The molecule has 0 radical (unpaired) electrons. The minimum Gasteiger partial charge on any atom is -0.377 e. The van der Waals surface area contributed by atoms with E-state index < -0.39 is 0 Å². The van der Waals surface area contributed by atoms with E-state index in [0.717, 1.165) is 58.4 Å². The summed E-state index contributed by atoms with van der Waals surface area (Å²) in [6.07, 6.45) is 1.01. The molecule has 0 aliphatic carbocycles. The lowest BCUT2D eigenvalue weighted by atomic mass is 9.90. The second-order valence-electron chi connectivity index (χ2n) is 9.01. The molecule has 5 rings (SSSR count). The zero-order valence-corrected chi connectivity index (χ0v) is 19.6. The van der Waals surface area contributed by atoms with E-state index in [1.54, 1.807) is 7.11 Å². The Bertz CT molecular complexity index is 1400. The number of hydrogen-bond donors (Lipinski definition) is 1. The highest BCUT2D eigenvalue weighted by atomic mass is 16.5. The smallest absolute Gasteiger partial charge is 0.0999 e. The zero-order valence-electron chi connectivity index (χ0n) is 19.6. The standard InChI is InChI=1S/C28H28N4O/c1-17-11-19(12-21-16-32(3)10-9-22(17)21)28-26-14-25(20(15-29)13-27(26)30-31-28)24-8-6-5-7-23(24)18(2)33-4/h5-8,11-14,18H,9-10,16H2,1-4H3,(H,30,31)/t18-/m0/s1. The Labute approximate surface area is 194 Å². The first-order valence-corrected chi connectivity index (χ1v) is 11.4. The number of benzene rings is 3. The molecular formula is C28H28N4O. The van der Waals surface area contributed by atoms with Crippen molar-refractivity contribution in [2.75, 3.05) is 20.7 Å². The van der Waals surface area contributed by atoms with Crippen LogP contribution in [0.2, 0.25) is 0 Å². The minimum absolute atomic E-state index is 0.0763. The Morgan fingerprint density at radius 2 is 1.97 bits per heavy atom. The number of nitrogens with one attached hydrogen (secondary N) is 1. The Morgan fingerprint density at radius 1 is 1.15 bits per heavy atom. The maximum atomic E-state index is 9.92. The number of nitriles is 1. The maximum absolute atomic E-state index is 9.92. The lowest BCUT2D eigenvalue weighted by molar-refractivity contribution is 0.120. The second kappa shape index (κ2) is 8.47. The lowest BCUT2D eigenvalue weighted by Gasteiger charge is -2.26. The van der Waals surface area contributed by atoms with E-state index in [4.69, 9.17) is 4.74 Å². The number of ether oxygens (including phenoxy) is 1. The van der Waals surface area contributed by atoms with Crippen LogP contribution in [0.25, 0.3) is 33.3 Å². The molecule has 0 saturated carbocycles. The molecule has 1 aliphatic heterocycles. The van der Waals surface area contributed by atoms with Gasteiger partial charge in [-0.1, -0.05) is 24.3 Å². The summed E-state index contributed by atoms with van der Waals surface area (Å²) in [7, 11) is 3.88. The lowest BCUT2D eigenvalue weighted by Crippen LogP contribution is -2.27. The summed E-state index contributed by atoms with van der Waals surface area (Å²) in [5.74, 6) is 0. The quantitative estimate of drug-likeness (QED) is 0.441. The average Bonchev–Trinajstić information content (AvgIpc) is 3.25. The molecule has 1 N–H and O–H groups in total. The molecule has 1 atom stereocenters. The molecule has 33 heavy (non-hydrogen) atoms. The minimum atomic E-state index is -0.0763. The first kappa shape index (κ1) is 21.4. The molecule has 3 aromatic carbocycles. The molecular weight excluding hydrogens is 408 g/mol. The van der Waals surface area contributed by atoms with Gasteiger partial charge >= 0.3 is 0 Å². The topological polar surface area (TPSA) is 64.9 Å². The van der Waals surface area contributed by atoms with Gasteiger partial charge in [-0.3, -0.25) is 5.10 Å². The van der Waals surface area contributed by atoms with Gasteiger partial charge in [-0.2, -0.15) is 10.4 Å². The van der Waals surface area contributed by atoms with Crippen molar-refractivity contribution in [3.8, 4) is 28.5 Å². The van der Waals surface area contributed by atoms with Crippen molar-refractivity contribution >= 4 is 10.9 Å². The summed E-state index contributed by atoms with van der Waals surface area (Å²) in [5, 5.41) is 18.8. The van der Waals surface area contributed by atoms with E-state index in [0.29, 0.717) is 5.56 Å². The van der Waals surface area contributed by atoms with Crippen LogP contribution in [0.5, 0.6) is 0 Å². The number of aryl methyl sites for hydroxylation is 1. The molecule has 5 heteroatoms. The van der Waals surface area contributed by atoms with Gasteiger partial charge in [-0.15, -0.1) is 0 Å². The van der Waals surface area contributed by atoms with E-state index in [9.17, 15) is 5.26 Å². The monoisotopic (exact) mass is 436 g/mol. The van der Waals surface area contributed by atoms with Gasteiger partial charge in [-0.25, -0.2) is 0 Å². The van der Waals surface area contributed by atoms with Crippen LogP contribution < -0.4 is 0 Å². The van der Waals surface area contributed by atoms with Crippen molar-refractivity contribution in [2.24, 2.45) is 0 Å². The molecule has 2 heterocycles. The van der Waals surface area contributed by atoms with Crippen LogP contribution in [0, 0.1) is 18.3 Å². The fourth-order valence-corrected chi connectivity index (χ4v) is 5.02. The molecule has 0 bridgehead atoms. The third-order valence-corrected chi connectivity index (χ3v) is 6.89. The highest BCUT2D eigenvalue weighted by molar-refractivity contribution is 5.98. The fourth-order valence-electron chi connectivity index (χ4n) is 5.02. The third-order valence-electron chi connectivity index (χ3n) is 6.89. The van der Waals surface area contributed by atoms with E-state index in [1.165, 1.54) is 16.7 Å². The molecule has 166 valence electrons. The number of hydrogen-bond acceptors (Lipinski definition) is 4. The Morgan fingerprint density at radius 3 is 2.76 bits per heavy atom. The van der Waals surface area contributed by atoms with E-state index in [1.807, 2.05) is 25.1 Å². The molecule has 0 saturated heterocycles. The Hall–Kier alpha value is -3.46. The summed E-state index contributed by atoms with van der Waals surface area (Å²) in [6, 6.07) is 19.1. The van der Waals surface area contributed by atoms with Gasteiger partial charge in [-0.05, 0) is 79.4 Å². The van der Waals surface area contributed by atoms with E-state index in [-0.39, 0.29) is 6.10 Å². The molecule has 0 fully saturated rings. The Balaban J connectivity index is 1.70. The third kappa shape index (κ3) is 3.72. The van der Waals surface area contributed by atoms with Crippen LogP contribution in [0.3, 0.4) is 0 Å². The van der Waals surface area contributed by atoms with Crippen molar-refractivity contribution in [2.45, 2.75) is 32.9 Å². The van der Waals surface area contributed by atoms with Gasteiger partial charge in [0.2, 0.25) is 0 Å². The summed E-state index contributed by atoms with van der Waals surface area (Å²) < 4.78 is 5.61. The number of rotatable bonds is 4. The molecule has 5 nitrogen and oxygen atoms in total. The summed E-state index contributed by atoms with van der Waals surface area (Å²) in [6.45, 7) is 6.28. The van der Waals surface area contributed by atoms with Crippen LogP contribution >= 0.6 is 0 Å². The van der Waals surface area contributed by atoms with Crippen molar-refractivity contribution in [3.63, 3.8) is 0 Å². The molecule has 1 aliphatic rings. The molecule has 4 aromatic rings. The molecule has 0 unspecified atom stereocenters. The van der Waals surface area contributed by atoms with Crippen LogP contribution in [-0.2, 0) is 17.7 Å². The van der Waals surface area contributed by atoms with Crippen LogP contribution in [0.1, 0.15) is 40.8 Å². The first-order chi connectivity index (χ1) is 16.0. The average molecular weight is 437 g/mol. The van der Waals surface area contributed by atoms with Crippen molar-refractivity contribution in [3.05, 3.63) is 76.3 Å². The van der Waals surface area contributed by atoms with Crippen LogP contribution in [0.4, 0.5) is 0 Å². The van der Waals surface area contributed by atoms with Crippen molar-refractivity contribution < 1.29 is 4.74 Å². The second-order valence-corrected chi connectivity index (χ2v) is 9.01. The number of aromatic amines is 1. The highest BCUT2D eigenvalue weighted by Crippen LogP contribution is 2.37. The summed E-state index contributed by atoms with van der Waals surface area (Å²) in [4.78, 5) is 2.36. The number of methoxy groups -OCH3 is 1. The number of nitrogens with zero attached hydrogens (tertiary/aromatic N) is 3. The van der Waals surface area contributed by atoms with Crippen molar-refractivity contribution in [1.29, 1.82) is 5.26 Å². The predicted molar refractivity (Wildman–Crippen MR) is 132 cm³/mol. The zero-order chi connectivity index (χ0) is 23.1. The highest BCUT2D eigenvalue weighted by Gasteiger charge is 2.20. The summed E-state index contributed by atoms with van der Waals surface area (Å²) in [5.41, 5.74) is 10.7. The first-order valence-electron chi connectivity index (χ1n) is 11.4. The summed E-state index contributed by atoms with van der Waals surface area (Å²) >= 11 is 0. The molecule has 1 aromatic heterocycles. The van der Waals surface area contributed by atoms with E-state index >= 15 is 0 Å². The molecule has 0 amide bonds. The fraction of sp³-hybridized carbons (Fsp3) is 0.286. The van der Waals surface area contributed by atoms with Crippen LogP contribution in [0.15, 0.2) is 48.5 Å².